The van der Waals surface area contributed by atoms with Crippen LogP contribution in [-0.4, -0.2) is 63.8 Å². The highest BCUT2D eigenvalue weighted by molar-refractivity contribution is 5.79. The summed E-state index contributed by atoms with van der Waals surface area (Å²) < 4.78 is 20.7. The van der Waals surface area contributed by atoms with Crippen LogP contribution in [0.2, 0.25) is 0 Å². The number of halogens is 1. The molecule has 1 amide bonds. The summed E-state index contributed by atoms with van der Waals surface area (Å²) in [6.45, 7) is 3.66. The molecule has 1 aliphatic rings. The molecule has 2 aromatic heterocycles. The fourth-order valence-corrected chi connectivity index (χ4v) is 3.80. The Kier molecular flexibility index (Phi) is 6.27. The minimum atomic E-state index is -0.445. The fourth-order valence-electron chi connectivity index (χ4n) is 3.80. The van der Waals surface area contributed by atoms with Gasteiger partial charge < -0.3 is 9.64 Å². The van der Waals surface area contributed by atoms with Crippen LogP contribution in [0.3, 0.4) is 0 Å². The topological polar surface area (TPSA) is 63.5 Å². The number of aromatic nitrogens is 3. The highest BCUT2D eigenvalue weighted by Crippen LogP contribution is 2.20. The van der Waals surface area contributed by atoms with Crippen molar-refractivity contribution in [2.24, 2.45) is 7.05 Å². The van der Waals surface area contributed by atoms with Crippen LogP contribution in [0.5, 0.6) is 5.75 Å². The summed E-state index contributed by atoms with van der Waals surface area (Å²) in [6, 6.07) is 10.7. The lowest BCUT2D eigenvalue weighted by atomic mass is 10.1. The van der Waals surface area contributed by atoms with Crippen molar-refractivity contribution in [1.82, 2.24) is 24.6 Å². The number of hydrogen-bond acceptors (Lipinski definition) is 5. The average Bonchev–Trinajstić information content (AvgIpc) is 3.15. The molecular weight excluding hydrogens is 397 g/mol. The summed E-state index contributed by atoms with van der Waals surface area (Å²) in [5.74, 6) is -0.241. The number of benzene rings is 1. The zero-order valence-electron chi connectivity index (χ0n) is 17.8. The van der Waals surface area contributed by atoms with Crippen LogP contribution in [0.15, 0.2) is 48.8 Å². The van der Waals surface area contributed by atoms with Gasteiger partial charge in [0.25, 0.3) is 0 Å². The van der Waals surface area contributed by atoms with Gasteiger partial charge in [-0.25, -0.2) is 4.39 Å². The number of ether oxygens (including phenoxy) is 1. The normalized spacial score (nSPS) is 14.6. The molecule has 8 heteroatoms. The Morgan fingerprint density at radius 1 is 1.16 bits per heavy atom. The first-order chi connectivity index (χ1) is 15.0. The molecule has 1 aliphatic heterocycles. The lowest BCUT2D eigenvalue weighted by Gasteiger charge is -2.34. The summed E-state index contributed by atoms with van der Waals surface area (Å²) >= 11 is 0. The van der Waals surface area contributed by atoms with Crippen LogP contribution in [0.1, 0.15) is 11.3 Å². The van der Waals surface area contributed by atoms with E-state index < -0.39 is 5.82 Å². The van der Waals surface area contributed by atoms with Gasteiger partial charge in [-0.05, 0) is 35.9 Å². The minimum Gasteiger partial charge on any atom is -0.494 e. The van der Waals surface area contributed by atoms with Gasteiger partial charge >= 0.3 is 0 Å². The van der Waals surface area contributed by atoms with E-state index in [0.717, 1.165) is 36.6 Å². The third-order valence-corrected chi connectivity index (χ3v) is 5.62. The zero-order valence-corrected chi connectivity index (χ0v) is 17.8. The van der Waals surface area contributed by atoms with Crippen molar-refractivity contribution in [3.8, 4) is 17.0 Å². The molecule has 0 bridgehead atoms. The largest absolute Gasteiger partial charge is 0.494 e. The molecular formula is C23H26FN5O2. The summed E-state index contributed by atoms with van der Waals surface area (Å²) in [6.07, 6.45) is 3.75. The number of pyridine rings is 1. The molecule has 0 saturated carbocycles. The molecule has 0 aliphatic carbocycles. The molecule has 31 heavy (non-hydrogen) atoms. The predicted molar refractivity (Wildman–Crippen MR) is 115 cm³/mol. The quantitative estimate of drug-likeness (QED) is 0.610. The van der Waals surface area contributed by atoms with Gasteiger partial charge in [0.2, 0.25) is 5.91 Å². The van der Waals surface area contributed by atoms with E-state index >= 15 is 0 Å². The van der Waals surface area contributed by atoms with Gasteiger partial charge in [-0.2, -0.15) is 5.10 Å². The van der Waals surface area contributed by atoms with Gasteiger partial charge in [-0.15, -0.1) is 0 Å². The number of piperazine rings is 1. The number of rotatable bonds is 6. The molecule has 162 valence electrons. The van der Waals surface area contributed by atoms with Gasteiger partial charge in [0.1, 0.15) is 0 Å². The number of methoxy groups -OCH3 is 1. The maximum Gasteiger partial charge on any atom is 0.227 e. The highest BCUT2D eigenvalue weighted by atomic mass is 19.1. The van der Waals surface area contributed by atoms with E-state index in [0.29, 0.717) is 18.7 Å². The number of carbonyl (C=O) groups excluding carboxylic acids is 1. The monoisotopic (exact) mass is 423 g/mol. The van der Waals surface area contributed by atoms with Gasteiger partial charge in [-0.3, -0.25) is 19.4 Å². The summed E-state index contributed by atoms with van der Waals surface area (Å²) in [4.78, 5) is 21.0. The van der Waals surface area contributed by atoms with Crippen molar-refractivity contribution in [2.45, 2.75) is 13.0 Å². The van der Waals surface area contributed by atoms with Crippen molar-refractivity contribution in [1.29, 1.82) is 0 Å². The van der Waals surface area contributed by atoms with E-state index in [4.69, 9.17) is 4.74 Å². The highest BCUT2D eigenvalue weighted by Gasteiger charge is 2.22. The molecule has 0 spiro atoms. The Bertz CT molecular complexity index is 1050. The van der Waals surface area contributed by atoms with Crippen LogP contribution >= 0.6 is 0 Å². The molecule has 0 unspecified atom stereocenters. The molecule has 7 nitrogen and oxygen atoms in total. The second kappa shape index (κ2) is 9.26. The first-order valence-electron chi connectivity index (χ1n) is 10.3. The van der Waals surface area contributed by atoms with E-state index in [9.17, 15) is 9.18 Å². The van der Waals surface area contributed by atoms with Crippen molar-refractivity contribution >= 4 is 5.91 Å². The SMILES string of the molecule is COc1ccc(CC(=O)N2CCN(Cc3cc(-c4cccnc4)nn3C)CC2)cc1F. The first kappa shape index (κ1) is 21.0. The van der Waals surface area contributed by atoms with Crippen molar-refractivity contribution in [3.63, 3.8) is 0 Å². The molecule has 1 fully saturated rings. The van der Waals surface area contributed by atoms with Gasteiger partial charge in [-0.1, -0.05) is 6.07 Å². The van der Waals surface area contributed by atoms with E-state index in [-0.39, 0.29) is 18.1 Å². The Labute approximate surface area is 181 Å². The average molecular weight is 423 g/mol. The van der Waals surface area contributed by atoms with Gasteiger partial charge in [0.05, 0.1) is 24.9 Å². The van der Waals surface area contributed by atoms with Crippen molar-refractivity contribution in [3.05, 3.63) is 65.9 Å². The second-order valence-electron chi connectivity index (χ2n) is 7.69. The number of nitrogens with zero attached hydrogens (tertiary/aromatic N) is 5. The number of carbonyl (C=O) groups is 1. The van der Waals surface area contributed by atoms with E-state index in [2.05, 4.69) is 21.0 Å². The number of amides is 1. The standard InChI is InChI=1S/C23H26FN5O2/c1-27-19(14-21(26-27)18-4-3-7-25-15-18)16-28-8-10-29(11-9-28)23(30)13-17-5-6-22(31-2)20(24)12-17/h3-7,12,14-15H,8-11,13,16H2,1-2H3. The maximum atomic E-state index is 13.9. The summed E-state index contributed by atoms with van der Waals surface area (Å²) in [7, 11) is 3.37. The Balaban J connectivity index is 1.31. The Morgan fingerprint density at radius 3 is 2.65 bits per heavy atom. The van der Waals surface area contributed by atoms with Crippen LogP contribution < -0.4 is 4.74 Å². The van der Waals surface area contributed by atoms with Crippen LogP contribution in [0, 0.1) is 5.82 Å². The van der Waals surface area contributed by atoms with Crippen molar-refractivity contribution in [2.75, 3.05) is 33.3 Å². The molecule has 1 saturated heterocycles. The molecule has 3 heterocycles. The zero-order chi connectivity index (χ0) is 21.8. The maximum absolute atomic E-state index is 13.9. The summed E-state index contributed by atoms with van der Waals surface area (Å²) in [5, 5.41) is 4.60. The molecule has 0 atom stereocenters. The van der Waals surface area contributed by atoms with E-state index in [1.807, 2.05) is 35.0 Å². The summed E-state index contributed by atoms with van der Waals surface area (Å²) in [5.41, 5.74) is 3.68. The Morgan fingerprint density at radius 2 is 1.97 bits per heavy atom. The lowest BCUT2D eigenvalue weighted by molar-refractivity contribution is -0.132. The second-order valence-corrected chi connectivity index (χ2v) is 7.69. The number of hydrogen-bond donors (Lipinski definition) is 0. The fraction of sp³-hybridized carbons (Fsp3) is 0.348. The molecule has 0 N–H and O–H groups in total. The lowest BCUT2D eigenvalue weighted by Crippen LogP contribution is -2.48. The third kappa shape index (κ3) is 4.91. The van der Waals surface area contributed by atoms with Gasteiger partial charge in [0.15, 0.2) is 11.6 Å². The van der Waals surface area contributed by atoms with E-state index in [1.165, 1.54) is 13.2 Å². The smallest absolute Gasteiger partial charge is 0.227 e. The third-order valence-electron chi connectivity index (χ3n) is 5.62. The molecule has 4 rings (SSSR count). The van der Waals surface area contributed by atoms with Crippen molar-refractivity contribution < 1.29 is 13.9 Å². The predicted octanol–water partition coefficient (Wildman–Crippen LogP) is 2.52. The molecule has 3 aromatic rings. The molecule has 1 aromatic carbocycles. The van der Waals surface area contributed by atoms with Crippen LogP contribution in [-0.2, 0) is 24.8 Å². The first-order valence-corrected chi connectivity index (χ1v) is 10.3. The minimum absolute atomic E-state index is 0.0172. The van der Waals surface area contributed by atoms with Crippen LogP contribution in [0.4, 0.5) is 4.39 Å². The number of aryl methyl sites for hydroxylation is 1. The Hall–Kier alpha value is -3.26. The van der Waals surface area contributed by atoms with E-state index in [1.54, 1.807) is 18.3 Å². The van der Waals surface area contributed by atoms with Crippen LogP contribution in [0.25, 0.3) is 11.3 Å². The molecule has 0 radical (unpaired) electrons. The van der Waals surface area contributed by atoms with Gasteiger partial charge in [0, 0.05) is 57.7 Å².